The second-order valence-electron chi connectivity index (χ2n) is 4.01. The fourth-order valence-corrected chi connectivity index (χ4v) is 1.97. The first kappa shape index (κ1) is 15.5. The molecule has 0 unspecified atom stereocenters. The van der Waals surface area contributed by atoms with E-state index in [1.54, 1.807) is 12.1 Å². The van der Waals surface area contributed by atoms with Crippen molar-refractivity contribution in [3.05, 3.63) is 57.3 Å². The molecular weight excluding hydrogens is 360 g/mol. The fraction of sp³-hybridized carbons (Fsp3) is 0.0714. The van der Waals surface area contributed by atoms with Crippen molar-refractivity contribution in [1.82, 2.24) is 4.98 Å². The highest BCUT2D eigenvalue weighted by molar-refractivity contribution is 9.10. The second kappa shape index (κ2) is 6.69. The van der Waals surface area contributed by atoms with Crippen LogP contribution in [0.5, 0.6) is 0 Å². The number of amides is 1. The summed E-state index contributed by atoms with van der Waals surface area (Å²) in [7, 11) is 1.28. The van der Waals surface area contributed by atoms with Crippen LogP contribution in [-0.2, 0) is 4.74 Å². The van der Waals surface area contributed by atoms with Gasteiger partial charge < -0.3 is 10.1 Å². The van der Waals surface area contributed by atoms with Gasteiger partial charge in [0.25, 0.3) is 5.91 Å². The average Bonchev–Trinajstić information content (AvgIpc) is 2.49. The molecule has 0 bridgehead atoms. The summed E-state index contributed by atoms with van der Waals surface area (Å²) in [5.41, 5.74) is 0.997. The fourth-order valence-electron chi connectivity index (χ4n) is 1.57. The van der Waals surface area contributed by atoms with E-state index in [2.05, 4.69) is 31.0 Å². The molecule has 0 aliphatic rings. The van der Waals surface area contributed by atoms with E-state index in [-0.39, 0.29) is 5.91 Å². The highest BCUT2D eigenvalue weighted by Crippen LogP contribution is 2.24. The van der Waals surface area contributed by atoms with Crippen molar-refractivity contribution < 1.29 is 14.3 Å². The lowest BCUT2D eigenvalue weighted by Gasteiger charge is -2.09. The van der Waals surface area contributed by atoms with Crippen molar-refractivity contribution in [1.29, 1.82) is 0 Å². The third kappa shape index (κ3) is 3.80. The van der Waals surface area contributed by atoms with Crippen LogP contribution in [-0.4, -0.2) is 24.0 Å². The zero-order chi connectivity index (χ0) is 15.4. The largest absolute Gasteiger partial charge is 0.465 e. The molecule has 2 rings (SSSR count). The maximum absolute atomic E-state index is 12.1. The van der Waals surface area contributed by atoms with Crippen molar-refractivity contribution in [3.8, 4) is 0 Å². The Bertz CT molecular complexity index is 689. The number of halogens is 2. The minimum atomic E-state index is -0.507. The first-order valence-electron chi connectivity index (χ1n) is 5.82. The third-order valence-corrected chi connectivity index (χ3v) is 3.42. The Morgan fingerprint density at radius 3 is 2.57 bits per heavy atom. The van der Waals surface area contributed by atoms with Crippen LogP contribution in [0.2, 0.25) is 5.02 Å². The van der Waals surface area contributed by atoms with Gasteiger partial charge in [-0.2, -0.15) is 0 Å². The van der Waals surface area contributed by atoms with Gasteiger partial charge in [0.15, 0.2) is 0 Å². The van der Waals surface area contributed by atoms with Crippen LogP contribution in [0.3, 0.4) is 0 Å². The molecule has 0 spiro atoms. The topological polar surface area (TPSA) is 68.3 Å². The SMILES string of the molecule is COC(=O)c1ccc(Cl)c(NC(=O)c2ccc(Br)nc2)c1. The standard InChI is InChI=1S/C14H10BrClN2O3/c1-21-14(20)8-2-4-10(16)11(6-8)18-13(19)9-3-5-12(15)17-7-9/h2-7H,1H3,(H,18,19). The molecular formula is C14H10BrClN2O3. The normalized spacial score (nSPS) is 10.0. The Kier molecular flexibility index (Phi) is 4.93. The molecule has 1 heterocycles. The number of carbonyl (C=O) groups is 2. The molecule has 0 aliphatic carbocycles. The second-order valence-corrected chi connectivity index (χ2v) is 5.23. The van der Waals surface area contributed by atoms with Crippen molar-refractivity contribution in [3.63, 3.8) is 0 Å². The zero-order valence-corrected chi connectivity index (χ0v) is 13.2. The molecule has 0 saturated heterocycles. The van der Waals surface area contributed by atoms with Crippen LogP contribution < -0.4 is 5.32 Å². The monoisotopic (exact) mass is 368 g/mol. The van der Waals surface area contributed by atoms with Crippen LogP contribution in [0.1, 0.15) is 20.7 Å². The number of anilines is 1. The predicted octanol–water partition coefficient (Wildman–Crippen LogP) is 3.54. The van der Waals surface area contributed by atoms with Crippen LogP contribution in [0.4, 0.5) is 5.69 Å². The van der Waals surface area contributed by atoms with Gasteiger partial charge in [-0.05, 0) is 46.3 Å². The van der Waals surface area contributed by atoms with Gasteiger partial charge >= 0.3 is 5.97 Å². The van der Waals surface area contributed by atoms with Gasteiger partial charge in [0.05, 0.1) is 28.9 Å². The lowest BCUT2D eigenvalue weighted by atomic mass is 10.2. The van der Waals surface area contributed by atoms with Crippen molar-refractivity contribution in [2.45, 2.75) is 0 Å². The lowest BCUT2D eigenvalue weighted by Crippen LogP contribution is -2.13. The van der Waals surface area contributed by atoms with E-state index >= 15 is 0 Å². The van der Waals surface area contributed by atoms with Gasteiger partial charge in [0, 0.05) is 6.20 Å². The summed E-state index contributed by atoms with van der Waals surface area (Å²) < 4.78 is 5.25. The highest BCUT2D eigenvalue weighted by atomic mass is 79.9. The van der Waals surface area contributed by atoms with Crippen LogP contribution in [0.15, 0.2) is 41.1 Å². The molecule has 0 atom stereocenters. The molecule has 7 heteroatoms. The maximum atomic E-state index is 12.1. The quantitative estimate of drug-likeness (QED) is 0.664. The highest BCUT2D eigenvalue weighted by Gasteiger charge is 2.12. The number of nitrogens with one attached hydrogen (secondary N) is 1. The summed E-state index contributed by atoms with van der Waals surface area (Å²) in [5, 5.41) is 2.95. The molecule has 1 N–H and O–H groups in total. The van der Waals surface area contributed by atoms with Crippen LogP contribution in [0.25, 0.3) is 0 Å². The summed E-state index contributed by atoms with van der Waals surface area (Å²) in [6.07, 6.45) is 1.43. The van der Waals surface area contributed by atoms with E-state index in [1.807, 2.05) is 0 Å². The van der Waals surface area contributed by atoms with Gasteiger partial charge in [-0.25, -0.2) is 9.78 Å². The van der Waals surface area contributed by atoms with E-state index in [0.29, 0.717) is 26.4 Å². The first-order valence-corrected chi connectivity index (χ1v) is 6.99. The molecule has 0 radical (unpaired) electrons. The van der Waals surface area contributed by atoms with E-state index in [9.17, 15) is 9.59 Å². The van der Waals surface area contributed by atoms with Gasteiger partial charge in [-0.3, -0.25) is 4.79 Å². The Morgan fingerprint density at radius 1 is 1.24 bits per heavy atom. The summed E-state index contributed by atoms with van der Waals surface area (Å²) >= 11 is 9.20. The van der Waals surface area contributed by atoms with Gasteiger partial charge in [-0.15, -0.1) is 0 Å². The Morgan fingerprint density at radius 2 is 1.95 bits per heavy atom. The Labute approximate surface area is 134 Å². The predicted molar refractivity (Wildman–Crippen MR) is 82.7 cm³/mol. The average molecular weight is 370 g/mol. The number of pyridine rings is 1. The minimum absolute atomic E-state index is 0.297. The van der Waals surface area contributed by atoms with Gasteiger partial charge in [-0.1, -0.05) is 11.6 Å². The Balaban J connectivity index is 2.24. The summed E-state index contributed by atoms with van der Waals surface area (Å²) in [6, 6.07) is 7.76. The molecule has 1 amide bonds. The number of hydrogen-bond acceptors (Lipinski definition) is 4. The van der Waals surface area contributed by atoms with Crippen molar-refractivity contribution in [2.75, 3.05) is 12.4 Å². The summed E-state index contributed by atoms with van der Waals surface area (Å²) in [5.74, 6) is -0.883. The minimum Gasteiger partial charge on any atom is -0.465 e. The van der Waals surface area contributed by atoms with Gasteiger partial charge in [0.2, 0.25) is 0 Å². The molecule has 1 aromatic carbocycles. The molecule has 5 nitrogen and oxygen atoms in total. The van der Waals surface area contributed by atoms with Crippen LogP contribution >= 0.6 is 27.5 Å². The third-order valence-electron chi connectivity index (χ3n) is 2.63. The maximum Gasteiger partial charge on any atom is 0.337 e. The molecule has 1 aromatic heterocycles. The number of carbonyl (C=O) groups excluding carboxylic acids is 2. The molecule has 0 saturated carbocycles. The lowest BCUT2D eigenvalue weighted by molar-refractivity contribution is 0.0600. The van der Waals surface area contributed by atoms with Crippen molar-refractivity contribution >= 4 is 45.1 Å². The number of esters is 1. The van der Waals surface area contributed by atoms with Gasteiger partial charge in [0.1, 0.15) is 4.60 Å². The van der Waals surface area contributed by atoms with E-state index in [0.717, 1.165) is 0 Å². The molecule has 0 aliphatic heterocycles. The number of hydrogen-bond donors (Lipinski definition) is 1. The summed E-state index contributed by atoms with van der Waals surface area (Å²) in [4.78, 5) is 27.5. The smallest absolute Gasteiger partial charge is 0.337 e. The van der Waals surface area contributed by atoms with E-state index in [1.165, 1.54) is 31.5 Å². The number of methoxy groups -OCH3 is 1. The first-order chi connectivity index (χ1) is 10.0. The number of benzene rings is 1. The number of rotatable bonds is 3. The number of aromatic nitrogens is 1. The Hall–Kier alpha value is -1.92. The molecule has 21 heavy (non-hydrogen) atoms. The van der Waals surface area contributed by atoms with Crippen LogP contribution in [0, 0.1) is 0 Å². The van der Waals surface area contributed by atoms with E-state index < -0.39 is 5.97 Å². The molecule has 108 valence electrons. The summed E-state index contributed by atoms with van der Waals surface area (Å²) in [6.45, 7) is 0. The molecule has 0 fully saturated rings. The zero-order valence-electron chi connectivity index (χ0n) is 10.9. The molecule has 2 aromatic rings. The number of ether oxygens (including phenoxy) is 1. The number of nitrogens with zero attached hydrogens (tertiary/aromatic N) is 1. The van der Waals surface area contributed by atoms with Crippen molar-refractivity contribution in [2.24, 2.45) is 0 Å². The van der Waals surface area contributed by atoms with E-state index in [4.69, 9.17) is 11.6 Å².